The second kappa shape index (κ2) is 9.78. The number of hydrogen-bond acceptors (Lipinski definition) is 4. The van der Waals surface area contributed by atoms with Gasteiger partial charge in [0.1, 0.15) is 5.69 Å². The normalized spacial score (nSPS) is 14.4. The Morgan fingerprint density at radius 3 is 2.34 bits per heavy atom. The molecule has 32 heavy (non-hydrogen) atoms. The van der Waals surface area contributed by atoms with Crippen LogP contribution in [0.1, 0.15) is 43.0 Å². The Balaban J connectivity index is 1.52. The molecule has 0 atom stereocenters. The molecule has 0 radical (unpaired) electrons. The second-order valence-corrected chi connectivity index (χ2v) is 8.03. The van der Waals surface area contributed by atoms with Crippen molar-refractivity contribution in [2.75, 3.05) is 13.2 Å². The monoisotopic (exact) mass is 432 g/mol. The van der Waals surface area contributed by atoms with E-state index in [0.717, 1.165) is 30.5 Å². The molecule has 0 aliphatic heterocycles. The molecule has 1 aromatic heterocycles. The summed E-state index contributed by atoms with van der Waals surface area (Å²) in [5, 5.41) is 4.65. The molecule has 0 saturated heterocycles. The summed E-state index contributed by atoms with van der Waals surface area (Å²) in [4.78, 5) is 25.9. The van der Waals surface area contributed by atoms with Crippen molar-refractivity contribution >= 4 is 11.8 Å². The smallest absolute Gasteiger partial charge is 0.273 e. The van der Waals surface area contributed by atoms with Crippen LogP contribution in [-0.2, 0) is 9.53 Å². The van der Waals surface area contributed by atoms with Gasteiger partial charge in [-0.3, -0.25) is 20.4 Å². The van der Waals surface area contributed by atoms with Crippen LogP contribution >= 0.6 is 0 Å². The van der Waals surface area contributed by atoms with Gasteiger partial charge in [-0.1, -0.05) is 55.0 Å². The van der Waals surface area contributed by atoms with Crippen LogP contribution in [0.4, 0.5) is 0 Å². The lowest BCUT2D eigenvalue weighted by molar-refractivity contribution is -0.138. The lowest BCUT2D eigenvalue weighted by Gasteiger charge is -2.40. The lowest BCUT2D eigenvalue weighted by atomic mass is 9.66. The number of hydrogen-bond donors (Lipinski definition) is 2. The number of benzene rings is 2. The maximum atomic E-state index is 13.1. The van der Waals surface area contributed by atoms with Gasteiger partial charge in [0.15, 0.2) is 0 Å². The Morgan fingerprint density at radius 1 is 1.03 bits per heavy atom. The molecular weight excluding hydrogens is 404 g/mol. The van der Waals surface area contributed by atoms with Crippen LogP contribution in [0.25, 0.3) is 16.9 Å². The minimum absolute atomic E-state index is 0.159. The molecule has 4 rings (SSSR count). The van der Waals surface area contributed by atoms with Crippen LogP contribution in [-0.4, -0.2) is 34.8 Å². The average molecular weight is 433 g/mol. The van der Waals surface area contributed by atoms with E-state index in [1.165, 1.54) is 0 Å². The van der Waals surface area contributed by atoms with Gasteiger partial charge >= 0.3 is 0 Å². The number of amides is 2. The topological polar surface area (TPSA) is 85.3 Å². The highest BCUT2D eigenvalue weighted by Gasteiger charge is 2.43. The number of nitrogens with one attached hydrogen (secondary N) is 2. The van der Waals surface area contributed by atoms with E-state index in [4.69, 9.17) is 4.74 Å². The minimum atomic E-state index is -0.459. The SMILES string of the molecule is CCOCCC1(C(=O)NNC(=O)c2cn(-c3ccccc3)nc2-c2ccccc2)CCC1. The van der Waals surface area contributed by atoms with Gasteiger partial charge in [0.25, 0.3) is 5.91 Å². The summed E-state index contributed by atoms with van der Waals surface area (Å²) in [6, 6.07) is 19.1. The van der Waals surface area contributed by atoms with Crippen molar-refractivity contribution < 1.29 is 14.3 Å². The number of aromatic nitrogens is 2. The molecule has 7 nitrogen and oxygen atoms in total. The third kappa shape index (κ3) is 4.57. The van der Waals surface area contributed by atoms with Crippen molar-refractivity contribution in [2.24, 2.45) is 5.41 Å². The van der Waals surface area contributed by atoms with Gasteiger partial charge in [0.2, 0.25) is 5.91 Å². The van der Waals surface area contributed by atoms with Crippen molar-refractivity contribution in [3.8, 4) is 16.9 Å². The Hall–Kier alpha value is -3.45. The highest BCUT2D eigenvalue weighted by molar-refractivity contribution is 6.01. The quantitative estimate of drug-likeness (QED) is 0.418. The number of carbonyl (C=O) groups is 2. The van der Waals surface area contributed by atoms with Crippen LogP contribution in [0.2, 0.25) is 0 Å². The average Bonchev–Trinajstić information content (AvgIpc) is 3.26. The van der Waals surface area contributed by atoms with Crippen molar-refractivity contribution in [2.45, 2.75) is 32.6 Å². The summed E-state index contributed by atoms with van der Waals surface area (Å²) in [6.07, 6.45) is 4.97. The Labute approximate surface area is 187 Å². The zero-order valence-corrected chi connectivity index (χ0v) is 18.2. The van der Waals surface area contributed by atoms with Gasteiger partial charge in [0, 0.05) is 25.0 Å². The fraction of sp³-hybridized carbons (Fsp3) is 0.320. The van der Waals surface area contributed by atoms with Gasteiger partial charge in [-0.25, -0.2) is 4.68 Å². The highest BCUT2D eigenvalue weighted by Crippen LogP contribution is 2.44. The fourth-order valence-electron chi connectivity index (χ4n) is 3.98. The second-order valence-electron chi connectivity index (χ2n) is 8.03. The fourth-order valence-corrected chi connectivity index (χ4v) is 3.98. The zero-order valence-electron chi connectivity index (χ0n) is 18.2. The molecule has 3 aromatic rings. The molecule has 1 saturated carbocycles. The third-order valence-electron chi connectivity index (χ3n) is 6.04. The summed E-state index contributed by atoms with van der Waals surface area (Å²) in [6.45, 7) is 3.11. The first kappa shape index (κ1) is 21.8. The van der Waals surface area contributed by atoms with Crippen molar-refractivity contribution in [1.29, 1.82) is 0 Å². The maximum Gasteiger partial charge on any atom is 0.273 e. The summed E-state index contributed by atoms with van der Waals surface area (Å²) >= 11 is 0. The summed E-state index contributed by atoms with van der Waals surface area (Å²) in [5.41, 5.74) is 7.40. The van der Waals surface area contributed by atoms with Crippen LogP contribution in [0.5, 0.6) is 0 Å². The summed E-state index contributed by atoms with van der Waals surface area (Å²) in [7, 11) is 0. The molecule has 2 N–H and O–H groups in total. The van der Waals surface area contributed by atoms with Gasteiger partial charge in [-0.2, -0.15) is 5.10 Å². The number of rotatable bonds is 8. The standard InChI is InChI=1S/C25H28N4O3/c1-2-32-17-16-25(14-9-15-25)24(31)27-26-23(30)21-18-29(20-12-7-4-8-13-20)28-22(21)19-10-5-3-6-11-19/h3-8,10-13,18H,2,9,14-17H2,1H3,(H,26,30)(H,27,31). The van der Waals surface area contributed by atoms with Crippen LogP contribution < -0.4 is 10.9 Å². The largest absolute Gasteiger partial charge is 0.382 e. The molecule has 1 heterocycles. The molecule has 1 aliphatic rings. The van der Waals surface area contributed by atoms with Gasteiger partial charge < -0.3 is 4.74 Å². The minimum Gasteiger partial charge on any atom is -0.382 e. The molecule has 0 bridgehead atoms. The van der Waals surface area contributed by atoms with E-state index < -0.39 is 11.3 Å². The van der Waals surface area contributed by atoms with E-state index in [1.807, 2.05) is 67.6 Å². The zero-order chi connectivity index (χ0) is 22.4. The molecule has 2 aromatic carbocycles. The Morgan fingerprint density at radius 2 is 1.72 bits per heavy atom. The molecule has 2 amide bonds. The highest BCUT2D eigenvalue weighted by atomic mass is 16.5. The predicted molar refractivity (Wildman–Crippen MR) is 122 cm³/mol. The molecular formula is C25H28N4O3. The van der Waals surface area contributed by atoms with Gasteiger partial charge in [-0.15, -0.1) is 0 Å². The van der Waals surface area contributed by atoms with Gasteiger partial charge in [-0.05, 0) is 38.3 Å². The van der Waals surface area contributed by atoms with Gasteiger partial charge in [0.05, 0.1) is 16.7 Å². The lowest BCUT2D eigenvalue weighted by Crippen LogP contribution is -2.52. The molecule has 0 spiro atoms. The first-order valence-corrected chi connectivity index (χ1v) is 11.0. The van der Waals surface area contributed by atoms with Crippen molar-refractivity contribution in [3.05, 3.63) is 72.4 Å². The first-order chi connectivity index (χ1) is 15.6. The molecule has 1 aliphatic carbocycles. The van der Waals surface area contributed by atoms with E-state index >= 15 is 0 Å². The Bertz CT molecular complexity index is 1060. The Kier molecular flexibility index (Phi) is 6.66. The number of ether oxygens (including phenoxy) is 1. The number of hydrazine groups is 1. The van der Waals surface area contributed by atoms with Crippen LogP contribution in [0.3, 0.4) is 0 Å². The van der Waals surface area contributed by atoms with E-state index in [0.29, 0.717) is 30.9 Å². The van der Waals surface area contributed by atoms with Crippen molar-refractivity contribution in [1.82, 2.24) is 20.6 Å². The van der Waals surface area contributed by atoms with Crippen LogP contribution in [0.15, 0.2) is 66.9 Å². The van der Waals surface area contributed by atoms with E-state index in [9.17, 15) is 9.59 Å². The van der Waals surface area contributed by atoms with E-state index in [2.05, 4.69) is 16.0 Å². The van der Waals surface area contributed by atoms with E-state index in [1.54, 1.807) is 10.9 Å². The maximum absolute atomic E-state index is 13.1. The molecule has 1 fully saturated rings. The number of nitrogens with zero attached hydrogens (tertiary/aromatic N) is 2. The molecule has 7 heteroatoms. The summed E-state index contributed by atoms with van der Waals surface area (Å²) < 4.78 is 7.12. The number of carbonyl (C=O) groups excluding carboxylic acids is 2. The summed E-state index contributed by atoms with van der Waals surface area (Å²) in [5.74, 6) is -0.563. The third-order valence-corrected chi connectivity index (χ3v) is 6.04. The number of para-hydroxylation sites is 1. The first-order valence-electron chi connectivity index (χ1n) is 11.0. The molecule has 166 valence electrons. The van der Waals surface area contributed by atoms with Crippen molar-refractivity contribution in [3.63, 3.8) is 0 Å². The van der Waals surface area contributed by atoms with Crippen LogP contribution in [0, 0.1) is 5.41 Å². The van der Waals surface area contributed by atoms with E-state index in [-0.39, 0.29) is 5.91 Å². The predicted octanol–water partition coefficient (Wildman–Crippen LogP) is 3.90. The molecule has 0 unspecified atom stereocenters.